The Bertz CT molecular complexity index is 619. The molecule has 0 spiro atoms. The van der Waals surface area contributed by atoms with E-state index in [0.717, 1.165) is 6.42 Å². The van der Waals surface area contributed by atoms with E-state index in [0.29, 0.717) is 31.8 Å². The predicted molar refractivity (Wildman–Crippen MR) is 127 cm³/mol. The highest BCUT2D eigenvalue weighted by Gasteiger charge is 2.52. The molecule has 1 aliphatic rings. The van der Waals surface area contributed by atoms with Gasteiger partial charge in [-0.1, -0.05) is 20.8 Å². The number of carbonyl (C=O) groups is 2. The van der Waals surface area contributed by atoms with Gasteiger partial charge >= 0.3 is 12.2 Å². The number of hydrogen-bond acceptors (Lipinski definition) is 5. The van der Waals surface area contributed by atoms with Crippen molar-refractivity contribution in [1.29, 1.82) is 0 Å². The second kappa shape index (κ2) is 10.1. The summed E-state index contributed by atoms with van der Waals surface area (Å²) >= 11 is 0. The molecule has 0 aromatic rings. The molecule has 1 fully saturated rings. The lowest BCUT2D eigenvalue weighted by molar-refractivity contribution is -0.0738. The van der Waals surface area contributed by atoms with Gasteiger partial charge in [-0.15, -0.1) is 0 Å². The van der Waals surface area contributed by atoms with Crippen LogP contribution in [0.5, 0.6) is 0 Å². The number of amides is 2. The summed E-state index contributed by atoms with van der Waals surface area (Å²) in [5, 5.41) is 2.82. The number of nitrogens with one attached hydrogen (secondary N) is 1. The second-order valence-corrected chi connectivity index (χ2v) is 14.3. The standard InChI is InChI=1S/C23H46N2O5Si/c1-20(2,3)17-15-23(30-31(10)11,25(16-17)19(27)29-22(7,8)9)13-12-14-24-18(26)28-21(4,5)6/h17,31H,12-16H2,1-11H3,(H,24,26)/t17-,23+/m0/s1. The van der Waals surface area contributed by atoms with E-state index in [4.69, 9.17) is 13.9 Å². The molecule has 182 valence electrons. The Morgan fingerprint density at radius 1 is 1.00 bits per heavy atom. The Kier molecular flexibility index (Phi) is 9.05. The summed E-state index contributed by atoms with van der Waals surface area (Å²) < 4.78 is 17.6. The average molecular weight is 459 g/mol. The third kappa shape index (κ3) is 9.39. The molecule has 2 atom stereocenters. The monoisotopic (exact) mass is 458 g/mol. The fourth-order valence-corrected chi connectivity index (χ4v) is 5.02. The number of rotatable bonds is 6. The molecule has 0 radical (unpaired) electrons. The van der Waals surface area contributed by atoms with E-state index in [9.17, 15) is 9.59 Å². The van der Waals surface area contributed by atoms with Gasteiger partial charge in [-0.3, -0.25) is 4.90 Å². The van der Waals surface area contributed by atoms with E-state index in [1.54, 1.807) is 0 Å². The summed E-state index contributed by atoms with van der Waals surface area (Å²) in [5.41, 5.74) is -1.76. The van der Waals surface area contributed by atoms with Crippen LogP contribution in [0.25, 0.3) is 0 Å². The lowest BCUT2D eigenvalue weighted by atomic mass is 9.78. The number of likely N-dealkylation sites (tertiary alicyclic amines) is 1. The molecule has 7 nitrogen and oxygen atoms in total. The van der Waals surface area contributed by atoms with Gasteiger partial charge in [0.2, 0.25) is 0 Å². The van der Waals surface area contributed by atoms with Crippen molar-refractivity contribution < 1.29 is 23.5 Å². The molecule has 0 aromatic heterocycles. The SMILES string of the molecule is C[SiH](C)O[C@]1(CCCNC(=O)OC(C)(C)C)C[C@H](C(C)(C)C)CN1C(=O)OC(C)(C)C. The van der Waals surface area contributed by atoms with E-state index < -0.39 is 32.1 Å². The van der Waals surface area contributed by atoms with Crippen LogP contribution in [0.2, 0.25) is 13.1 Å². The summed E-state index contributed by atoms with van der Waals surface area (Å²) in [6.45, 7) is 23.1. The Labute approximate surface area is 191 Å². The fourth-order valence-electron chi connectivity index (χ4n) is 3.80. The van der Waals surface area contributed by atoms with Gasteiger partial charge in [0, 0.05) is 13.1 Å². The summed E-state index contributed by atoms with van der Waals surface area (Å²) in [6.07, 6.45) is 1.33. The molecule has 0 aliphatic carbocycles. The van der Waals surface area contributed by atoms with Crippen LogP contribution in [-0.4, -0.2) is 56.1 Å². The van der Waals surface area contributed by atoms with Crippen molar-refractivity contribution in [2.24, 2.45) is 11.3 Å². The first-order chi connectivity index (χ1) is 13.8. The zero-order chi connectivity index (χ0) is 24.3. The Hall–Kier alpha value is -1.28. The van der Waals surface area contributed by atoms with Gasteiger partial charge in [-0.05, 0) is 85.2 Å². The van der Waals surface area contributed by atoms with Crippen LogP contribution in [0, 0.1) is 11.3 Å². The summed E-state index contributed by atoms with van der Waals surface area (Å²) in [5.74, 6) is 0.298. The Balaban J connectivity index is 3.01. The molecule has 1 N–H and O–H groups in total. The number of hydrogen-bond donors (Lipinski definition) is 1. The zero-order valence-corrected chi connectivity index (χ0v) is 22.8. The van der Waals surface area contributed by atoms with Gasteiger partial charge in [0.25, 0.3) is 0 Å². The quantitative estimate of drug-likeness (QED) is 0.432. The predicted octanol–water partition coefficient (Wildman–Crippen LogP) is 5.29. The van der Waals surface area contributed by atoms with Gasteiger partial charge in [-0.25, -0.2) is 9.59 Å². The summed E-state index contributed by atoms with van der Waals surface area (Å²) in [6, 6.07) is 0. The smallest absolute Gasteiger partial charge is 0.412 e. The number of nitrogens with zero attached hydrogens (tertiary/aromatic N) is 1. The molecule has 31 heavy (non-hydrogen) atoms. The molecule has 0 aromatic carbocycles. The van der Waals surface area contributed by atoms with E-state index in [1.807, 2.05) is 46.4 Å². The number of alkyl carbamates (subject to hydrolysis) is 1. The molecule has 0 saturated carbocycles. The van der Waals surface area contributed by atoms with Crippen LogP contribution in [0.15, 0.2) is 0 Å². The number of carbonyl (C=O) groups excluding carboxylic acids is 2. The van der Waals surface area contributed by atoms with Gasteiger partial charge in [0.15, 0.2) is 9.04 Å². The molecule has 0 unspecified atom stereocenters. The minimum atomic E-state index is -1.47. The Morgan fingerprint density at radius 2 is 1.55 bits per heavy atom. The third-order valence-corrected chi connectivity index (χ3v) is 6.08. The van der Waals surface area contributed by atoms with Crippen molar-refractivity contribution in [3.8, 4) is 0 Å². The molecule has 1 rings (SSSR count). The van der Waals surface area contributed by atoms with Crippen LogP contribution in [0.1, 0.15) is 81.6 Å². The van der Waals surface area contributed by atoms with E-state index in [2.05, 4.69) is 39.2 Å². The molecule has 0 bridgehead atoms. The van der Waals surface area contributed by atoms with Crippen molar-refractivity contribution >= 4 is 21.2 Å². The van der Waals surface area contributed by atoms with Gasteiger partial charge in [-0.2, -0.15) is 0 Å². The highest BCUT2D eigenvalue weighted by atomic mass is 28.3. The lowest BCUT2D eigenvalue weighted by Crippen LogP contribution is -2.52. The van der Waals surface area contributed by atoms with E-state index in [1.165, 1.54) is 0 Å². The lowest BCUT2D eigenvalue weighted by Gasteiger charge is -2.40. The van der Waals surface area contributed by atoms with E-state index >= 15 is 0 Å². The minimum Gasteiger partial charge on any atom is -0.444 e. The summed E-state index contributed by atoms with van der Waals surface area (Å²) in [4.78, 5) is 27.0. The van der Waals surface area contributed by atoms with Gasteiger partial charge in [0.05, 0.1) is 0 Å². The highest BCUT2D eigenvalue weighted by molar-refractivity contribution is 6.48. The van der Waals surface area contributed by atoms with Crippen LogP contribution in [-0.2, 0) is 13.9 Å². The highest BCUT2D eigenvalue weighted by Crippen LogP contribution is 2.46. The van der Waals surface area contributed by atoms with Crippen molar-refractivity contribution in [3.05, 3.63) is 0 Å². The summed E-state index contributed by atoms with van der Waals surface area (Å²) in [7, 11) is -1.47. The maximum absolute atomic E-state index is 13.2. The first-order valence-electron chi connectivity index (χ1n) is 11.5. The molecule has 8 heteroatoms. The third-order valence-electron chi connectivity index (χ3n) is 5.17. The van der Waals surface area contributed by atoms with E-state index in [-0.39, 0.29) is 11.5 Å². The van der Waals surface area contributed by atoms with Crippen LogP contribution < -0.4 is 5.32 Å². The topological polar surface area (TPSA) is 77.1 Å². The molecule has 2 amide bonds. The van der Waals surface area contributed by atoms with Crippen LogP contribution in [0.3, 0.4) is 0 Å². The Morgan fingerprint density at radius 3 is 2.00 bits per heavy atom. The maximum Gasteiger partial charge on any atom is 0.412 e. The minimum absolute atomic E-state index is 0.0403. The van der Waals surface area contributed by atoms with Crippen molar-refractivity contribution in [3.63, 3.8) is 0 Å². The van der Waals surface area contributed by atoms with Crippen LogP contribution in [0.4, 0.5) is 9.59 Å². The fraction of sp³-hybridized carbons (Fsp3) is 0.913. The molecular weight excluding hydrogens is 412 g/mol. The zero-order valence-electron chi connectivity index (χ0n) is 21.7. The van der Waals surface area contributed by atoms with Gasteiger partial charge < -0.3 is 19.2 Å². The second-order valence-electron chi connectivity index (χ2n) is 12.0. The van der Waals surface area contributed by atoms with Gasteiger partial charge in [0.1, 0.15) is 16.9 Å². The normalized spacial score (nSPS) is 22.6. The first-order valence-corrected chi connectivity index (χ1v) is 14.3. The largest absolute Gasteiger partial charge is 0.444 e. The maximum atomic E-state index is 13.2. The average Bonchev–Trinajstić information content (AvgIpc) is 2.87. The van der Waals surface area contributed by atoms with Crippen molar-refractivity contribution in [2.75, 3.05) is 13.1 Å². The number of ether oxygens (including phenoxy) is 2. The molecule has 1 saturated heterocycles. The van der Waals surface area contributed by atoms with Crippen molar-refractivity contribution in [2.45, 2.75) is 112 Å². The molecule has 1 aliphatic heterocycles. The first kappa shape index (κ1) is 27.8. The molecular formula is C23H46N2O5Si. The molecule has 1 heterocycles. The van der Waals surface area contributed by atoms with Crippen molar-refractivity contribution in [1.82, 2.24) is 10.2 Å². The van der Waals surface area contributed by atoms with Crippen LogP contribution >= 0.6 is 0 Å².